The van der Waals surface area contributed by atoms with E-state index in [0.29, 0.717) is 0 Å². The second-order valence-electron chi connectivity index (χ2n) is 2.59. The molecule has 0 aliphatic heterocycles. The van der Waals surface area contributed by atoms with Gasteiger partial charge in [-0.25, -0.2) is 0 Å². The molecule has 0 heterocycles. The lowest BCUT2D eigenvalue weighted by atomic mass is 10.1. The summed E-state index contributed by atoms with van der Waals surface area (Å²) in [4.78, 5) is 0. The minimum atomic E-state index is 0.962. The molecule has 1 aliphatic rings. The molecule has 0 atom stereocenters. The molecule has 0 radical (unpaired) electrons. The molecule has 64 valence electrons. The van der Waals surface area contributed by atoms with Crippen LogP contribution in [-0.4, -0.2) is 7.11 Å². The van der Waals surface area contributed by atoms with Gasteiger partial charge in [0.05, 0.1) is 7.11 Å². The summed E-state index contributed by atoms with van der Waals surface area (Å²) in [5, 5.41) is 0. The van der Waals surface area contributed by atoms with E-state index in [1.54, 1.807) is 7.11 Å². The number of rotatable bonds is 2. The molecule has 0 aromatic carbocycles. The zero-order chi connectivity index (χ0) is 8.81. The number of hydrogen-bond acceptors (Lipinski definition) is 1. The van der Waals surface area contributed by atoms with Gasteiger partial charge in [-0.2, -0.15) is 0 Å². The van der Waals surface area contributed by atoms with Crippen molar-refractivity contribution in [1.29, 1.82) is 0 Å². The van der Waals surface area contributed by atoms with E-state index >= 15 is 0 Å². The molecular weight excluding hydrogens is 148 g/mol. The normalized spacial score (nSPS) is 20.2. The third-order valence-electron chi connectivity index (χ3n) is 1.75. The van der Waals surface area contributed by atoms with Crippen molar-refractivity contribution in [2.75, 3.05) is 7.11 Å². The topological polar surface area (TPSA) is 9.23 Å². The smallest absolute Gasteiger partial charge is 0.122 e. The van der Waals surface area contributed by atoms with Crippen LogP contribution in [0.25, 0.3) is 0 Å². The first-order valence-corrected chi connectivity index (χ1v) is 4.11. The molecule has 1 aliphatic carbocycles. The van der Waals surface area contributed by atoms with Crippen molar-refractivity contribution in [1.82, 2.24) is 0 Å². The van der Waals surface area contributed by atoms with E-state index in [0.717, 1.165) is 12.2 Å². The van der Waals surface area contributed by atoms with E-state index in [4.69, 9.17) is 4.74 Å². The van der Waals surface area contributed by atoms with E-state index in [9.17, 15) is 0 Å². The number of methoxy groups -OCH3 is 1. The molecule has 0 aromatic heterocycles. The van der Waals surface area contributed by atoms with Crippen molar-refractivity contribution in [2.45, 2.75) is 13.3 Å². The minimum Gasteiger partial charge on any atom is -0.496 e. The van der Waals surface area contributed by atoms with Crippen LogP contribution < -0.4 is 0 Å². The molecule has 0 unspecified atom stereocenters. The van der Waals surface area contributed by atoms with Crippen molar-refractivity contribution in [3.05, 3.63) is 47.8 Å². The van der Waals surface area contributed by atoms with Gasteiger partial charge in [-0.1, -0.05) is 30.4 Å². The molecule has 1 nitrogen and oxygen atoms in total. The summed E-state index contributed by atoms with van der Waals surface area (Å²) in [5.41, 5.74) is 1.23. The highest BCUT2D eigenvalue weighted by atomic mass is 16.5. The lowest BCUT2D eigenvalue weighted by Crippen LogP contribution is -1.94. The summed E-state index contributed by atoms with van der Waals surface area (Å²) in [7, 11) is 1.70. The van der Waals surface area contributed by atoms with Crippen LogP contribution in [0.2, 0.25) is 0 Å². The lowest BCUT2D eigenvalue weighted by Gasteiger charge is -2.10. The summed E-state index contributed by atoms with van der Waals surface area (Å²) in [6.07, 6.45) is 13.2. The fraction of sp³-hybridized carbons (Fsp3) is 0.273. The second-order valence-corrected chi connectivity index (χ2v) is 2.59. The third-order valence-corrected chi connectivity index (χ3v) is 1.75. The van der Waals surface area contributed by atoms with Gasteiger partial charge in [0.2, 0.25) is 0 Å². The standard InChI is InChI=1S/C11H14O/c1-3-4-7-10-8-5-6-9-11(10)12-2/h3-7,9H,8H2,1-2H3/b4-3-,10-7+. The first-order valence-electron chi connectivity index (χ1n) is 4.11. The van der Waals surface area contributed by atoms with Crippen LogP contribution in [0.4, 0.5) is 0 Å². The van der Waals surface area contributed by atoms with Gasteiger partial charge in [0.1, 0.15) is 5.76 Å². The van der Waals surface area contributed by atoms with Crippen LogP contribution in [-0.2, 0) is 4.74 Å². The van der Waals surface area contributed by atoms with Gasteiger partial charge in [0.15, 0.2) is 0 Å². The predicted octanol–water partition coefficient (Wildman–Crippen LogP) is 2.98. The van der Waals surface area contributed by atoms with Crippen molar-refractivity contribution >= 4 is 0 Å². The molecule has 0 amide bonds. The summed E-state index contributed by atoms with van der Waals surface area (Å²) in [6, 6.07) is 0. The van der Waals surface area contributed by atoms with Crippen LogP contribution in [0.1, 0.15) is 13.3 Å². The summed E-state index contributed by atoms with van der Waals surface area (Å²) in [5.74, 6) is 0.968. The zero-order valence-electron chi connectivity index (χ0n) is 7.58. The van der Waals surface area contributed by atoms with E-state index in [2.05, 4.69) is 12.2 Å². The molecule has 1 rings (SSSR count). The molecule has 0 bridgehead atoms. The quantitative estimate of drug-likeness (QED) is 0.606. The third kappa shape index (κ3) is 2.12. The number of ether oxygens (including phenoxy) is 1. The van der Waals surface area contributed by atoms with Gasteiger partial charge in [-0.3, -0.25) is 0 Å². The highest BCUT2D eigenvalue weighted by Gasteiger charge is 2.04. The first kappa shape index (κ1) is 8.85. The van der Waals surface area contributed by atoms with Gasteiger partial charge in [0, 0.05) is 0 Å². The Labute approximate surface area is 73.7 Å². The Morgan fingerprint density at radius 3 is 3.00 bits per heavy atom. The van der Waals surface area contributed by atoms with Crippen LogP contribution in [0.15, 0.2) is 47.8 Å². The fourth-order valence-electron chi connectivity index (χ4n) is 1.12. The van der Waals surface area contributed by atoms with Crippen LogP contribution in [0.5, 0.6) is 0 Å². The zero-order valence-corrected chi connectivity index (χ0v) is 7.58. The Morgan fingerprint density at radius 1 is 1.50 bits per heavy atom. The Morgan fingerprint density at radius 2 is 2.33 bits per heavy atom. The van der Waals surface area contributed by atoms with Crippen LogP contribution in [0.3, 0.4) is 0 Å². The van der Waals surface area contributed by atoms with Crippen LogP contribution >= 0.6 is 0 Å². The average molecular weight is 162 g/mol. The number of allylic oxidation sites excluding steroid dienone is 7. The maximum Gasteiger partial charge on any atom is 0.122 e. The summed E-state index contributed by atoms with van der Waals surface area (Å²) < 4.78 is 5.21. The molecule has 0 saturated carbocycles. The summed E-state index contributed by atoms with van der Waals surface area (Å²) >= 11 is 0. The molecule has 0 N–H and O–H groups in total. The van der Waals surface area contributed by atoms with E-state index < -0.39 is 0 Å². The first-order chi connectivity index (χ1) is 5.88. The van der Waals surface area contributed by atoms with E-state index in [1.165, 1.54) is 5.57 Å². The largest absolute Gasteiger partial charge is 0.496 e. The van der Waals surface area contributed by atoms with Gasteiger partial charge in [0.25, 0.3) is 0 Å². The Balaban J connectivity index is 2.78. The van der Waals surface area contributed by atoms with Gasteiger partial charge in [-0.15, -0.1) is 0 Å². The number of hydrogen-bond donors (Lipinski definition) is 0. The van der Waals surface area contributed by atoms with Crippen molar-refractivity contribution in [2.24, 2.45) is 0 Å². The van der Waals surface area contributed by atoms with Crippen molar-refractivity contribution in [3.8, 4) is 0 Å². The van der Waals surface area contributed by atoms with Crippen molar-refractivity contribution in [3.63, 3.8) is 0 Å². The maximum absolute atomic E-state index is 5.21. The average Bonchev–Trinajstić information content (AvgIpc) is 2.15. The predicted molar refractivity (Wildman–Crippen MR) is 51.7 cm³/mol. The molecule has 0 spiro atoms. The molecule has 0 saturated heterocycles. The molecule has 1 heteroatoms. The Bertz CT molecular complexity index is 254. The van der Waals surface area contributed by atoms with Gasteiger partial charge in [-0.05, 0) is 25.0 Å². The second kappa shape index (κ2) is 4.60. The monoisotopic (exact) mass is 162 g/mol. The summed E-state index contributed by atoms with van der Waals surface area (Å²) in [6.45, 7) is 2.01. The van der Waals surface area contributed by atoms with E-state index in [1.807, 2.05) is 31.2 Å². The van der Waals surface area contributed by atoms with E-state index in [-0.39, 0.29) is 0 Å². The van der Waals surface area contributed by atoms with Crippen LogP contribution in [0, 0.1) is 0 Å². The highest BCUT2D eigenvalue weighted by molar-refractivity contribution is 5.37. The highest BCUT2D eigenvalue weighted by Crippen LogP contribution is 2.19. The maximum atomic E-state index is 5.21. The Kier molecular flexibility index (Phi) is 3.39. The fourth-order valence-corrected chi connectivity index (χ4v) is 1.12. The molecule has 0 fully saturated rings. The molecular formula is C11H14O. The minimum absolute atomic E-state index is 0.962. The van der Waals surface area contributed by atoms with Gasteiger partial charge < -0.3 is 4.74 Å². The molecule has 12 heavy (non-hydrogen) atoms. The van der Waals surface area contributed by atoms with Gasteiger partial charge >= 0.3 is 0 Å². The molecule has 0 aromatic rings. The lowest BCUT2D eigenvalue weighted by molar-refractivity contribution is 0.299. The van der Waals surface area contributed by atoms with Crippen molar-refractivity contribution < 1.29 is 4.74 Å². The Hall–Kier alpha value is -1.24. The SMILES string of the molecule is C/C=C\C=C1/CC=CC=C1OC.